The lowest BCUT2D eigenvalue weighted by atomic mass is 9.86. The van der Waals surface area contributed by atoms with Crippen molar-refractivity contribution in [3.8, 4) is 5.75 Å². The van der Waals surface area contributed by atoms with Crippen LogP contribution in [0.2, 0.25) is 0 Å². The van der Waals surface area contributed by atoms with E-state index in [0.29, 0.717) is 21.9 Å². The summed E-state index contributed by atoms with van der Waals surface area (Å²) in [5.74, 6) is 0.0287. The highest BCUT2D eigenvalue weighted by Gasteiger charge is 2.32. The summed E-state index contributed by atoms with van der Waals surface area (Å²) in [6.07, 6.45) is -1.20. The zero-order chi connectivity index (χ0) is 22.2. The van der Waals surface area contributed by atoms with Crippen LogP contribution in [0.25, 0.3) is 10.2 Å². The Morgan fingerprint density at radius 1 is 1.17 bits per heavy atom. The Bertz CT molecular complexity index is 976. The van der Waals surface area contributed by atoms with E-state index in [9.17, 15) is 21.6 Å². The van der Waals surface area contributed by atoms with Gasteiger partial charge in [-0.3, -0.25) is 0 Å². The zero-order valence-electron chi connectivity index (χ0n) is 17.0. The molecule has 0 bridgehead atoms. The van der Waals surface area contributed by atoms with Gasteiger partial charge in [-0.05, 0) is 64.5 Å². The minimum atomic E-state index is -4.72. The topological polar surface area (TPSA) is 80.3 Å². The maximum absolute atomic E-state index is 12.4. The quantitative estimate of drug-likeness (QED) is 0.635. The molecule has 3 rings (SSSR count). The van der Waals surface area contributed by atoms with E-state index in [1.54, 1.807) is 20.8 Å². The number of halogens is 3. The molecule has 0 amide bonds. The molecule has 1 fully saturated rings. The number of rotatable bonds is 6. The predicted molar refractivity (Wildman–Crippen MR) is 112 cm³/mol. The third kappa shape index (κ3) is 5.98. The normalized spacial score (nSPS) is 21.0. The van der Waals surface area contributed by atoms with Crippen molar-refractivity contribution in [1.29, 1.82) is 0 Å². The number of hydrogen-bond donors (Lipinski definition) is 2. The molecule has 0 saturated heterocycles. The molecule has 0 atom stereocenters. The average molecular weight is 466 g/mol. The number of benzene rings is 1. The maximum atomic E-state index is 12.4. The van der Waals surface area contributed by atoms with Crippen LogP contribution in [0.5, 0.6) is 5.75 Å². The summed E-state index contributed by atoms with van der Waals surface area (Å²) in [4.78, 5) is 4.44. The van der Waals surface area contributed by atoms with Crippen molar-refractivity contribution in [2.75, 3.05) is 11.9 Å². The molecule has 11 heteroatoms. The number of hydrogen-bond acceptors (Lipinski definition) is 6. The second-order valence-electron chi connectivity index (χ2n) is 8.52. The number of anilines is 1. The first-order valence-corrected chi connectivity index (χ1v) is 12.0. The van der Waals surface area contributed by atoms with Crippen LogP contribution >= 0.6 is 11.3 Å². The Labute approximate surface area is 178 Å². The fourth-order valence-electron chi connectivity index (χ4n) is 3.29. The molecule has 0 spiro atoms. The molecule has 1 saturated carbocycles. The lowest BCUT2D eigenvalue weighted by Gasteiger charge is -2.30. The van der Waals surface area contributed by atoms with E-state index in [4.69, 9.17) is 0 Å². The molecule has 0 radical (unpaired) electrons. The van der Waals surface area contributed by atoms with E-state index in [0.717, 1.165) is 25.7 Å². The number of ether oxygens (including phenoxy) is 1. The summed E-state index contributed by atoms with van der Waals surface area (Å²) in [6.45, 7) is 5.46. The van der Waals surface area contributed by atoms with Crippen molar-refractivity contribution in [3.63, 3.8) is 0 Å². The number of nitrogens with zero attached hydrogens (tertiary/aromatic N) is 1. The van der Waals surface area contributed by atoms with E-state index in [1.807, 2.05) is 0 Å². The summed E-state index contributed by atoms with van der Waals surface area (Å²) in [5, 5.41) is 4.02. The Morgan fingerprint density at radius 3 is 2.43 bits per heavy atom. The smallest absolute Gasteiger partial charge is 0.406 e. The molecule has 0 aliphatic heterocycles. The molecular weight excluding hydrogens is 439 g/mol. The Balaban J connectivity index is 1.53. The molecule has 0 unspecified atom stereocenters. The van der Waals surface area contributed by atoms with Crippen LogP contribution in [0.15, 0.2) is 18.2 Å². The van der Waals surface area contributed by atoms with Gasteiger partial charge in [0.25, 0.3) is 0 Å². The molecule has 1 aliphatic carbocycles. The number of sulfonamides is 1. The second kappa shape index (κ2) is 8.51. The molecule has 168 valence electrons. The minimum Gasteiger partial charge on any atom is -0.406 e. The number of thiazole rings is 1. The molecule has 1 aliphatic rings. The van der Waals surface area contributed by atoms with Gasteiger partial charge in [-0.15, -0.1) is 13.2 Å². The molecule has 6 nitrogen and oxygen atoms in total. The first-order valence-electron chi connectivity index (χ1n) is 9.74. The van der Waals surface area contributed by atoms with Crippen molar-refractivity contribution < 1.29 is 26.3 Å². The van der Waals surface area contributed by atoms with Crippen molar-refractivity contribution >= 4 is 36.7 Å². The highest BCUT2D eigenvalue weighted by Crippen LogP contribution is 2.33. The van der Waals surface area contributed by atoms with E-state index in [1.165, 1.54) is 29.5 Å². The molecule has 2 N–H and O–H groups in total. The highest BCUT2D eigenvalue weighted by molar-refractivity contribution is 7.90. The first kappa shape index (κ1) is 23.1. The molecule has 1 heterocycles. The maximum Gasteiger partial charge on any atom is 0.573 e. The zero-order valence-corrected chi connectivity index (χ0v) is 18.7. The van der Waals surface area contributed by atoms with Crippen LogP contribution in [-0.2, 0) is 10.0 Å². The van der Waals surface area contributed by atoms with Crippen LogP contribution in [-0.4, -0.2) is 37.1 Å². The predicted octanol–water partition coefficient (Wildman–Crippen LogP) is 4.88. The van der Waals surface area contributed by atoms with Gasteiger partial charge in [0.05, 0.1) is 15.0 Å². The fraction of sp³-hybridized carbons (Fsp3) is 0.632. The second-order valence-corrected chi connectivity index (χ2v) is 12.1. The highest BCUT2D eigenvalue weighted by atomic mass is 32.2. The van der Waals surface area contributed by atoms with Crippen molar-refractivity contribution in [2.24, 2.45) is 5.92 Å². The molecule has 1 aromatic heterocycles. The van der Waals surface area contributed by atoms with Crippen LogP contribution in [0.3, 0.4) is 0 Å². The van der Waals surface area contributed by atoms with Gasteiger partial charge < -0.3 is 10.1 Å². The van der Waals surface area contributed by atoms with Gasteiger partial charge in [-0.2, -0.15) is 0 Å². The van der Waals surface area contributed by atoms with Crippen LogP contribution in [0.1, 0.15) is 46.5 Å². The van der Waals surface area contributed by atoms with E-state index in [-0.39, 0.29) is 17.7 Å². The largest absolute Gasteiger partial charge is 0.573 e. The molecule has 2 aromatic rings. The molecular formula is C19H26F3N3O3S2. The average Bonchev–Trinajstić information content (AvgIpc) is 3.00. The monoisotopic (exact) mass is 465 g/mol. The lowest BCUT2D eigenvalue weighted by Crippen LogP contribution is -2.42. The lowest BCUT2D eigenvalue weighted by molar-refractivity contribution is -0.274. The van der Waals surface area contributed by atoms with Crippen LogP contribution < -0.4 is 14.8 Å². The molecule has 1 aromatic carbocycles. The molecule has 30 heavy (non-hydrogen) atoms. The van der Waals surface area contributed by atoms with Gasteiger partial charge >= 0.3 is 6.36 Å². The summed E-state index contributed by atoms with van der Waals surface area (Å²) in [7, 11) is -3.34. The summed E-state index contributed by atoms with van der Waals surface area (Å²) in [5.41, 5.74) is 0.613. The van der Waals surface area contributed by atoms with Gasteiger partial charge in [0.2, 0.25) is 10.0 Å². The van der Waals surface area contributed by atoms with Crippen LogP contribution in [0, 0.1) is 5.92 Å². The number of nitrogens with one attached hydrogen (secondary N) is 2. The SMILES string of the molecule is CC(C)(C)S(=O)(=O)NC[C@H]1CC[C@H](Nc2nc3ccc(OC(F)(F)F)cc3s2)CC1. The van der Waals surface area contributed by atoms with Gasteiger partial charge in [0.1, 0.15) is 5.75 Å². The summed E-state index contributed by atoms with van der Waals surface area (Å²) >= 11 is 1.29. The standard InChI is InChI=1S/C19H26F3N3O3S2/c1-18(2,3)30(26,27)23-11-12-4-6-13(7-5-12)24-17-25-15-9-8-14(10-16(15)29-17)28-19(20,21)22/h8-10,12-13,23H,4-7,11H2,1-3H3,(H,24,25)/t12-,13-. The first-order chi connectivity index (χ1) is 13.8. The Morgan fingerprint density at radius 2 is 1.83 bits per heavy atom. The van der Waals surface area contributed by atoms with Crippen molar-refractivity contribution in [1.82, 2.24) is 9.71 Å². The number of fused-ring (bicyclic) bond motifs is 1. The minimum absolute atomic E-state index is 0.201. The van der Waals surface area contributed by atoms with Gasteiger partial charge in [0, 0.05) is 18.7 Å². The van der Waals surface area contributed by atoms with Gasteiger partial charge in [0.15, 0.2) is 5.13 Å². The third-order valence-electron chi connectivity index (χ3n) is 5.14. The van der Waals surface area contributed by atoms with E-state index >= 15 is 0 Å². The van der Waals surface area contributed by atoms with Gasteiger partial charge in [-0.1, -0.05) is 11.3 Å². The van der Waals surface area contributed by atoms with Crippen molar-refractivity contribution in [3.05, 3.63) is 18.2 Å². The Kier molecular flexibility index (Phi) is 6.54. The summed E-state index contributed by atoms with van der Waals surface area (Å²) < 4.78 is 68.0. The number of aromatic nitrogens is 1. The van der Waals surface area contributed by atoms with Gasteiger partial charge in [-0.25, -0.2) is 18.1 Å². The van der Waals surface area contributed by atoms with E-state index < -0.39 is 21.1 Å². The Hall–Kier alpha value is -1.59. The van der Waals surface area contributed by atoms with Crippen LogP contribution in [0.4, 0.5) is 18.3 Å². The number of alkyl halides is 3. The summed E-state index contributed by atoms with van der Waals surface area (Å²) in [6, 6.07) is 4.30. The third-order valence-corrected chi connectivity index (χ3v) is 8.24. The van der Waals surface area contributed by atoms with E-state index in [2.05, 4.69) is 19.8 Å². The fourth-order valence-corrected chi connectivity index (χ4v) is 5.15. The van der Waals surface area contributed by atoms with Crippen molar-refractivity contribution in [2.45, 2.75) is 63.6 Å².